The van der Waals surface area contributed by atoms with E-state index in [0.29, 0.717) is 5.69 Å². The Hall–Kier alpha value is -1.68. The molecule has 0 aliphatic carbocycles. The van der Waals surface area contributed by atoms with Gasteiger partial charge in [-0.05, 0) is 24.3 Å². The van der Waals surface area contributed by atoms with Crippen LogP contribution in [0.1, 0.15) is 0 Å². The molecular formula is C13H8BrFN2. The van der Waals surface area contributed by atoms with Crippen molar-refractivity contribution in [1.29, 1.82) is 0 Å². The highest BCUT2D eigenvalue weighted by atomic mass is 79.9. The Bertz CT molecular complexity index is 691. The molecule has 0 N–H and O–H groups in total. The Labute approximate surface area is 106 Å². The van der Waals surface area contributed by atoms with E-state index in [1.165, 1.54) is 6.07 Å². The summed E-state index contributed by atoms with van der Waals surface area (Å²) < 4.78 is 16.3. The third kappa shape index (κ3) is 1.65. The molecule has 0 saturated carbocycles. The minimum Gasteiger partial charge on any atom is -0.230 e. The van der Waals surface area contributed by atoms with E-state index < -0.39 is 0 Å². The maximum atomic E-state index is 13.7. The Balaban J connectivity index is 2.33. The third-order valence-corrected chi connectivity index (χ3v) is 3.33. The minimum absolute atomic E-state index is 0.280. The van der Waals surface area contributed by atoms with Crippen LogP contribution in [0.15, 0.2) is 53.1 Å². The second kappa shape index (κ2) is 3.96. The molecule has 4 heteroatoms. The number of benzene rings is 2. The summed E-state index contributed by atoms with van der Waals surface area (Å²) in [5.41, 5.74) is 1.34. The zero-order valence-corrected chi connectivity index (χ0v) is 10.4. The maximum Gasteiger partial charge on any atom is 0.148 e. The number of nitrogens with zero attached hydrogens (tertiary/aromatic N) is 2. The molecule has 2 aromatic carbocycles. The van der Waals surface area contributed by atoms with Crippen LogP contribution in [0.25, 0.3) is 16.6 Å². The van der Waals surface area contributed by atoms with Gasteiger partial charge in [0.2, 0.25) is 0 Å². The van der Waals surface area contributed by atoms with Crippen LogP contribution in [0, 0.1) is 5.82 Å². The zero-order valence-electron chi connectivity index (χ0n) is 8.77. The summed E-state index contributed by atoms with van der Waals surface area (Å²) in [5.74, 6) is -0.280. The van der Waals surface area contributed by atoms with Crippen molar-refractivity contribution < 1.29 is 4.39 Å². The fraction of sp³-hybridized carbons (Fsp3) is 0. The predicted molar refractivity (Wildman–Crippen MR) is 68.7 cm³/mol. The highest BCUT2D eigenvalue weighted by molar-refractivity contribution is 9.10. The number of para-hydroxylation sites is 1. The van der Waals surface area contributed by atoms with Gasteiger partial charge < -0.3 is 0 Å². The monoisotopic (exact) mass is 290 g/mol. The molecule has 0 bridgehead atoms. The lowest BCUT2D eigenvalue weighted by molar-refractivity contribution is 0.613. The fourth-order valence-electron chi connectivity index (χ4n) is 1.83. The molecule has 0 spiro atoms. The van der Waals surface area contributed by atoms with Crippen LogP contribution < -0.4 is 0 Å². The largest absolute Gasteiger partial charge is 0.230 e. The summed E-state index contributed by atoms with van der Waals surface area (Å²) in [5, 5.41) is 5.20. The third-order valence-electron chi connectivity index (χ3n) is 2.64. The van der Waals surface area contributed by atoms with Crippen molar-refractivity contribution in [2.24, 2.45) is 0 Å². The topological polar surface area (TPSA) is 17.8 Å². The first kappa shape index (κ1) is 10.5. The molecule has 3 aromatic rings. The number of halogens is 2. The second-order valence-corrected chi connectivity index (χ2v) is 4.53. The molecule has 17 heavy (non-hydrogen) atoms. The van der Waals surface area contributed by atoms with Gasteiger partial charge in [-0.25, -0.2) is 9.07 Å². The predicted octanol–water partition coefficient (Wildman–Crippen LogP) is 3.93. The summed E-state index contributed by atoms with van der Waals surface area (Å²) in [6, 6.07) is 12.4. The summed E-state index contributed by atoms with van der Waals surface area (Å²) in [7, 11) is 0. The Kier molecular flexibility index (Phi) is 2.44. The molecule has 0 atom stereocenters. The molecule has 84 valence electrons. The molecule has 2 nitrogen and oxygen atoms in total. The number of hydrogen-bond acceptors (Lipinski definition) is 1. The lowest BCUT2D eigenvalue weighted by atomic mass is 10.2. The first-order valence-corrected chi connectivity index (χ1v) is 5.94. The smallest absolute Gasteiger partial charge is 0.148 e. The van der Waals surface area contributed by atoms with Crippen molar-refractivity contribution in [3.63, 3.8) is 0 Å². The van der Waals surface area contributed by atoms with Crippen LogP contribution in [-0.2, 0) is 0 Å². The Morgan fingerprint density at radius 1 is 1.06 bits per heavy atom. The van der Waals surface area contributed by atoms with E-state index in [4.69, 9.17) is 0 Å². The molecule has 0 unspecified atom stereocenters. The number of aromatic nitrogens is 2. The molecule has 1 aromatic heterocycles. The van der Waals surface area contributed by atoms with Crippen molar-refractivity contribution in [1.82, 2.24) is 9.78 Å². The maximum absolute atomic E-state index is 13.7. The average molecular weight is 291 g/mol. The van der Waals surface area contributed by atoms with Gasteiger partial charge in [0.15, 0.2) is 0 Å². The van der Waals surface area contributed by atoms with Gasteiger partial charge >= 0.3 is 0 Å². The van der Waals surface area contributed by atoms with Gasteiger partial charge in [0.05, 0.1) is 11.7 Å². The van der Waals surface area contributed by atoms with Gasteiger partial charge in [-0.1, -0.05) is 34.1 Å². The molecule has 0 fully saturated rings. The van der Waals surface area contributed by atoms with E-state index in [9.17, 15) is 4.39 Å². The lowest BCUT2D eigenvalue weighted by Gasteiger charge is -2.04. The SMILES string of the molecule is Fc1ccccc1-n1ncc2c(Br)cccc21. The molecule has 0 aliphatic heterocycles. The van der Waals surface area contributed by atoms with Crippen molar-refractivity contribution >= 4 is 26.8 Å². The van der Waals surface area contributed by atoms with Gasteiger partial charge in [-0.2, -0.15) is 5.10 Å². The molecule has 1 heterocycles. The first-order valence-electron chi connectivity index (χ1n) is 5.14. The second-order valence-electron chi connectivity index (χ2n) is 3.68. The van der Waals surface area contributed by atoms with Crippen molar-refractivity contribution in [2.75, 3.05) is 0 Å². The summed E-state index contributed by atoms with van der Waals surface area (Å²) in [4.78, 5) is 0. The van der Waals surface area contributed by atoms with Gasteiger partial charge in [0, 0.05) is 9.86 Å². The van der Waals surface area contributed by atoms with Gasteiger partial charge in [-0.3, -0.25) is 0 Å². The molecule has 0 amide bonds. The first-order chi connectivity index (χ1) is 8.27. The fourth-order valence-corrected chi connectivity index (χ4v) is 2.29. The van der Waals surface area contributed by atoms with Crippen LogP contribution in [0.5, 0.6) is 0 Å². The van der Waals surface area contributed by atoms with Gasteiger partial charge in [0.25, 0.3) is 0 Å². The van der Waals surface area contributed by atoms with E-state index in [1.807, 2.05) is 18.2 Å². The number of rotatable bonds is 1. The minimum atomic E-state index is -0.280. The highest BCUT2D eigenvalue weighted by Gasteiger charge is 2.09. The van der Waals surface area contributed by atoms with Gasteiger partial charge in [-0.15, -0.1) is 0 Å². The zero-order chi connectivity index (χ0) is 11.8. The lowest BCUT2D eigenvalue weighted by Crippen LogP contribution is -1.98. The molecule has 0 radical (unpaired) electrons. The van der Waals surface area contributed by atoms with Crippen molar-refractivity contribution in [3.8, 4) is 5.69 Å². The van der Waals surface area contributed by atoms with E-state index in [0.717, 1.165) is 15.4 Å². The summed E-state index contributed by atoms with van der Waals surface area (Å²) in [6.45, 7) is 0. The normalized spacial score (nSPS) is 10.9. The standard InChI is InChI=1S/C13H8BrFN2/c14-10-4-3-7-12-9(10)8-16-17(12)13-6-2-1-5-11(13)15/h1-8H. The highest BCUT2D eigenvalue weighted by Crippen LogP contribution is 2.26. The van der Waals surface area contributed by atoms with E-state index in [-0.39, 0.29) is 5.82 Å². The van der Waals surface area contributed by atoms with Crippen LogP contribution in [0.4, 0.5) is 4.39 Å². The average Bonchev–Trinajstić information content (AvgIpc) is 2.75. The van der Waals surface area contributed by atoms with E-state index in [1.54, 1.807) is 29.1 Å². The number of hydrogen-bond donors (Lipinski definition) is 0. The van der Waals surface area contributed by atoms with Gasteiger partial charge in [0.1, 0.15) is 11.5 Å². The summed E-state index contributed by atoms with van der Waals surface area (Å²) in [6.07, 6.45) is 1.73. The Morgan fingerprint density at radius 2 is 1.88 bits per heavy atom. The quantitative estimate of drug-likeness (QED) is 0.664. The van der Waals surface area contributed by atoms with Crippen molar-refractivity contribution in [2.45, 2.75) is 0 Å². The van der Waals surface area contributed by atoms with E-state index >= 15 is 0 Å². The molecule has 0 saturated heterocycles. The number of fused-ring (bicyclic) bond motifs is 1. The van der Waals surface area contributed by atoms with Crippen molar-refractivity contribution in [3.05, 3.63) is 59.0 Å². The van der Waals surface area contributed by atoms with Crippen LogP contribution in [0.2, 0.25) is 0 Å². The van der Waals surface area contributed by atoms with E-state index in [2.05, 4.69) is 21.0 Å². The van der Waals surface area contributed by atoms with Crippen LogP contribution in [-0.4, -0.2) is 9.78 Å². The van der Waals surface area contributed by atoms with Crippen LogP contribution >= 0.6 is 15.9 Å². The summed E-state index contributed by atoms with van der Waals surface area (Å²) >= 11 is 3.45. The molecule has 3 rings (SSSR count). The molecular weight excluding hydrogens is 283 g/mol. The van der Waals surface area contributed by atoms with Crippen LogP contribution in [0.3, 0.4) is 0 Å². The Morgan fingerprint density at radius 3 is 2.71 bits per heavy atom. The molecule has 0 aliphatic rings.